The van der Waals surface area contributed by atoms with E-state index in [9.17, 15) is 19.7 Å². The summed E-state index contributed by atoms with van der Waals surface area (Å²) in [5.41, 5.74) is 1.07. The van der Waals surface area contributed by atoms with E-state index in [1.165, 1.54) is 35.8 Å². The van der Waals surface area contributed by atoms with E-state index < -0.39 is 16.5 Å². The summed E-state index contributed by atoms with van der Waals surface area (Å²) in [6, 6.07) is 16.9. The number of benzene rings is 2. The van der Waals surface area contributed by atoms with E-state index in [1.54, 1.807) is 24.3 Å². The molecule has 0 aliphatic rings. The van der Waals surface area contributed by atoms with Gasteiger partial charge in [0.05, 0.1) is 26.2 Å². The molecule has 0 saturated carbocycles. The summed E-state index contributed by atoms with van der Waals surface area (Å²) in [6.07, 6.45) is 1.33. The highest BCUT2D eigenvalue weighted by Crippen LogP contribution is 2.31. The van der Waals surface area contributed by atoms with Gasteiger partial charge in [-0.3, -0.25) is 14.9 Å². The lowest BCUT2D eigenvalue weighted by Crippen LogP contribution is -2.30. The van der Waals surface area contributed by atoms with Crippen LogP contribution in [0.1, 0.15) is 20.8 Å². The van der Waals surface area contributed by atoms with Crippen molar-refractivity contribution in [2.24, 2.45) is 5.10 Å². The Kier molecular flexibility index (Phi) is 5.48. The molecule has 0 aliphatic carbocycles. The van der Waals surface area contributed by atoms with Gasteiger partial charge in [-0.15, -0.1) is 0 Å². The number of carbonyl (C=O) groups excluding carboxylic acids is 1. The second kappa shape index (κ2) is 8.61. The number of thiophene rings is 1. The van der Waals surface area contributed by atoms with E-state index in [2.05, 4.69) is 10.1 Å². The third kappa shape index (κ3) is 4.09. The molecule has 5 aromatic rings. The van der Waals surface area contributed by atoms with Crippen molar-refractivity contribution >= 4 is 66.1 Å². The molecular weight excluding hydrogens is 476 g/mol. The van der Waals surface area contributed by atoms with Gasteiger partial charge in [0.15, 0.2) is 0 Å². The van der Waals surface area contributed by atoms with Crippen LogP contribution in [0, 0.1) is 17.0 Å². The van der Waals surface area contributed by atoms with Crippen LogP contribution >= 0.6 is 22.7 Å². The van der Waals surface area contributed by atoms with Gasteiger partial charge in [-0.2, -0.15) is 10.1 Å². The zero-order valence-corrected chi connectivity index (χ0v) is 19.1. The number of hydrogen-bond acceptors (Lipinski definition) is 9. The average molecular weight is 491 g/mol. The smallest absolute Gasteiger partial charge is 0.349 e. The highest BCUT2D eigenvalue weighted by atomic mass is 32.1. The topological polar surface area (TPSA) is 119 Å². The fraction of sp³-hybridized carbons (Fsp3) is 0.0435. The number of thiazole rings is 1. The Morgan fingerprint density at radius 2 is 1.97 bits per heavy atom. The van der Waals surface area contributed by atoms with E-state index in [1.807, 2.05) is 25.1 Å². The molecule has 0 aliphatic heterocycles. The van der Waals surface area contributed by atoms with E-state index in [0.717, 1.165) is 26.6 Å². The Morgan fingerprint density at radius 3 is 2.76 bits per heavy atom. The van der Waals surface area contributed by atoms with Crippen LogP contribution in [0.2, 0.25) is 0 Å². The standard InChI is InChI=1S/C23H14N4O5S2/c1-13-6-8-17-19(10-13)34-23(25-17)26(24-12-15-7-9-20(33-15)27(30)31)21(28)16-11-14-4-2-3-5-18(14)32-22(16)29/h2-12H,1H3/b24-12+. The van der Waals surface area contributed by atoms with Crippen molar-refractivity contribution in [3.05, 3.63) is 97.2 Å². The van der Waals surface area contributed by atoms with Gasteiger partial charge in [0, 0.05) is 11.5 Å². The first kappa shape index (κ1) is 21.6. The van der Waals surface area contributed by atoms with Gasteiger partial charge in [0.1, 0.15) is 11.1 Å². The molecule has 1 amide bonds. The second-order valence-electron chi connectivity index (χ2n) is 7.25. The molecule has 5 rings (SSSR count). The van der Waals surface area contributed by atoms with Crippen molar-refractivity contribution in [1.29, 1.82) is 0 Å². The molecule has 0 unspecified atom stereocenters. The Labute approximate surface area is 199 Å². The Bertz CT molecular complexity index is 1670. The van der Waals surface area contributed by atoms with Gasteiger partial charge in [-0.05, 0) is 42.8 Å². The number of aromatic nitrogens is 1. The summed E-state index contributed by atoms with van der Waals surface area (Å²) in [4.78, 5) is 41.6. The number of para-hydroxylation sites is 1. The van der Waals surface area contributed by atoms with E-state index in [0.29, 0.717) is 21.4 Å². The fourth-order valence-corrected chi connectivity index (χ4v) is 4.96. The molecule has 3 aromatic heterocycles. The lowest BCUT2D eigenvalue weighted by Gasteiger charge is -2.13. The normalized spacial score (nSPS) is 11.4. The van der Waals surface area contributed by atoms with Gasteiger partial charge < -0.3 is 4.42 Å². The summed E-state index contributed by atoms with van der Waals surface area (Å²) >= 11 is 2.15. The van der Waals surface area contributed by atoms with Crippen molar-refractivity contribution in [1.82, 2.24) is 4.98 Å². The number of rotatable bonds is 5. The molecular formula is C23H14N4O5S2. The van der Waals surface area contributed by atoms with Crippen LogP contribution < -0.4 is 10.6 Å². The van der Waals surface area contributed by atoms with Gasteiger partial charge in [0.25, 0.3) is 5.91 Å². The fourth-order valence-electron chi connectivity index (χ4n) is 3.25. The summed E-state index contributed by atoms with van der Waals surface area (Å²) in [7, 11) is 0. The number of carbonyl (C=O) groups is 1. The van der Waals surface area contributed by atoms with Gasteiger partial charge in [-0.25, -0.2) is 9.78 Å². The maximum absolute atomic E-state index is 13.5. The SMILES string of the molecule is Cc1ccc2nc(N(/N=C/c3ccc([N+](=O)[O-])s3)C(=O)c3cc4ccccc4oc3=O)sc2c1. The predicted molar refractivity (Wildman–Crippen MR) is 132 cm³/mol. The molecule has 3 heterocycles. The first-order valence-corrected chi connectivity index (χ1v) is 11.5. The maximum atomic E-state index is 13.5. The van der Waals surface area contributed by atoms with Gasteiger partial charge in [-0.1, -0.05) is 46.9 Å². The predicted octanol–water partition coefficient (Wildman–Crippen LogP) is 5.36. The molecule has 0 fully saturated rings. The Balaban J connectivity index is 1.61. The second-order valence-corrected chi connectivity index (χ2v) is 9.35. The van der Waals surface area contributed by atoms with E-state index in [-0.39, 0.29) is 15.7 Å². The summed E-state index contributed by atoms with van der Waals surface area (Å²) in [6.45, 7) is 1.95. The van der Waals surface area contributed by atoms with Crippen molar-refractivity contribution in [3.63, 3.8) is 0 Å². The van der Waals surface area contributed by atoms with Crippen LogP contribution in [0.25, 0.3) is 21.2 Å². The van der Waals surface area contributed by atoms with Crippen molar-refractivity contribution in [2.75, 3.05) is 5.01 Å². The average Bonchev–Trinajstić information content (AvgIpc) is 3.45. The zero-order chi connectivity index (χ0) is 23.8. The molecule has 0 saturated heterocycles. The molecule has 0 bridgehead atoms. The molecule has 0 spiro atoms. The van der Waals surface area contributed by atoms with Crippen LogP contribution in [-0.4, -0.2) is 22.0 Å². The van der Waals surface area contributed by atoms with Crippen molar-refractivity contribution < 1.29 is 14.1 Å². The lowest BCUT2D eigenvalue weighted by molar-refractivity contribution is -0.380. The molecule has 2 aromatic carbocycles. The molecule has 11 heteroatoms. The molecule has 9 nitrogen and oxygen atoms in total. The number of amides is 1. The van der Waals surface area contributed by atoms with Crippen molar-refractivity contribution in [3.8, 4) is 0 Å². The third-order valence-corrected chi connectivity index (χ3v) is 6.84. The van der Waals surface area contributed by atoms with Crippen LogP contribution in [0.15, 0.2) is 75.0 Å². The summed E-state index contributed by atoms with van der Waals surface area (Å²) < 4.78 is 6.17. The zero-order valence-electron chi connectivity index (χ0n) is 17.5. The number of hydrazone groups is 1. The summed E-state index contributed by atoms with van der Waals surface area (Å²) in [5.74, 6) is -0.724. The monoisotopic (exact) mass is 490 g/mol. The first-order valence-electron chi connectivity index (χ1n) is 9.92. The molecule has 168 valence electrons. The number of aryl methyl sites for hydroxylation is 1. The lowest BCUT2D eigenvalue weighted by atomic mass is 10.2. The maximum Gasteiger partial charge on any atom is 0.349 e. The van der Waals surface area contributed by atoms with Crippen LogP contribution in [0.5, 0.6) is 0 Å². The number of fused-ring (bicyclic) bond motifs is 2. The van der Waals surface area contributed by atoms with Crippen LogP contribution in [0.4, 0.5) is 10.1 Å². The molecule has 0 atom stereocenters. The Hall–Kier alpha value is -4.22. The molecule has 0 N–H and O–H groups in total. The number of anilines is 1. The minimum atomic E-state index is -0.799. The third-order valence-electron chi connectivity index (χ3n) is 4.87. The minimum Gasteiger partial charge on any atom is -0.422 e. The number of nitrogens with zero attached hydrogens (tertiary/aromatic N) is 4. The number of nitro groups is 1. The van der Waals surface area contributed by atoms with Crippen molar-refractivity contribution in [2.45, 2.75) is 6.92 Å². The molecule has 34 heavy (non-hydrogen) atoms. The van der Waals surface area contributed by atoms with Gasteiger partial charge in [0.2, 0.25) is 5.13 Å². The van der Waals surface area contributed by atoms with Crippen LogP contribution in [0.3, 0.4) is 0 Å². The summed E-state index contributed by atoms with van der Waals surface area (Å²) in [5, 5.41) is 17.1. The van der Waals surface area contributed by atoms with Gasteiger partial charge >= 0.3 is 10.6 Å². The largest absolute Gasteiger partial charge is 0.422 e. The highest BCUT2D eigenvalue weighted by Gasteiger charge is 2.25. The minimum absolute atomic E-state index is 0.0510. The number of hydrogen-bond donors (Lipinski definition) is 0. The van der Waals surface area contributed by atoms with E-state index in [4.69, 9.17) is 4.42 Å². The molecule has 0 radical (unpaired) electrons. The quantitative estimate of drug-likeness (QED) is 0.142. The Morgan fingerprint density at radius 1 is 1.15 bits per heavy atom. The van der Waals surface area contributed by atoms with E-state index >= 15 is 0 Å². The first-order chi connectivity index (χ1) is 16.4. The highest BCUT2D eigenvalue weighted by molar-refractivity contribution is 7.22. The van der Waals surface area contributed by atoms with Crippen LogP contribution in [-0.2, 0) is 0 Å².